The maximum atomic E-state index is 12.6. The third-order valence-electron chi connectivity index (χ3n) is 4.11. The summed E-state index contributed by atoms with van der Waals surface area (Å²) < 4.78 is 5.20. The van der Waals surface area contributed by atoms with E-state index in [1.165, 1.54) is 0 Å². The maximum absolute atomic E-state index is 12.6. The minimum atomic E-state index is -0.504. The number of piperazine rings is 1. The van der Waals surface area contributed by atoms with E-state index in [0.717, 1.165) is 11.3 Å². The monoisotopic (exact) mass is 293 g/mol. The Bertz CT molecular complexity index is 545. The van der Waals surface area contributed by atoms with E-state index in [9.17, 15) is 9.59 Å². The zero-order valence-electron chi connectivity index (χ0n) is 13.4. The third-order valence-corrected chi connectivity index (χ3v) is 4.11. The van der Waals surface area contributed by atoms with Gasteiger partial charge < -0.3 is 14.7 Å². The highest BCUT2D eigenvalue weighted by atomic mass is 16.5. The lowest BCUT2D eigenvalue weighted by atomic mass is 9.93. The average molecular weight is 293 g/mol. The van der Waals surface area contributed by atoms with Crippen molar-refractivity contribution in [3.8, 4) is 0 Å². The number of nitrogens with one attached hydrogen (secondary N) is 1. The summed E-state index contributed by atoms with van der Waals surface area (Å²) in [7, 11) is 0. The van der Waals surface area contributed by atoms with Gasteiger partial charge in [-0.15, -0.1) is 0 Å². The number of nitrogens with zero attached hydrogens (tertiary/aromatic N) is 2. The smallest absolute Gasteiger partial charge is 0.246 e. The van der Waals surface area contributed by atoms with Gasteiger partial charge in [-0.25, -0.2) is 0 Å². The van der Waals surface area contributed by atoms with Crippen LogP contribution in [0.1, 0.15) is 50.8 Å². The van der Waals surface area contributed by atoms with Gasteiger partial charge in [0, 0.05) is 5.56 Å². The Balaban J connectivity index is 2.45. The fraction of sp³-hybridized carbons (Fsp3) is 0.667. The van der Waals surface area contributed by atoms with Crippen molar-refractivity contribution in [2.45, 2.75) is 59.7 Å². The summed E-state index contributed by atoms with van der Waals surface area (Å²) in [5.74, 6) is 0.551. The van der Waals surface area contributed by atoms with Crippen molar-refractivity contribution in [3.63, 3.8) is 0 Å². The molecule has 6 nitrogen and oxygen atoms in total. The van der Waals surface area contributed by atoms with Gasteiger partial charge >= 0.3 is 0 Å². The standard InChI is InChI=1S/C15H23N3O3/c1-7(2)13-14(19)16-9(4)15(20)18(13)10(5)12-8(3)17-21-11(12)6/h7,9-10,13H,1-6H3,(H,16,19). The van der Waals surface area contributed by atoms with E-state index in [1.54, 1.807) is 11.8 Å². The molecule has 1 aromatic heterocycles. The molecule has 1 N–H and O–H groups in total. The lowest BCUT2D eigenvalue weighted by Gasteiger charge is -2.43. The van der Waals surface area contributed by atoms with Gasteiger partial charge in [0.1, 0.15) is 17.8 Å². The number of hydrogen-bond donors (Lipinski definition) is 1. The fourth-order valence-electron chi connectivity index (χ4n) is 3.13. The van der Waals surface area contributed by atoms with Crippen LogP contribution in [0.2, 0.25) is 0 Å². The molecule has 1 saturated heterocycles. The van der Waals surface area contributed by atoms with Crippen LogP contribution in [-0.4, -0.2) is 34.0 Å². The van der Waals surface area contributed by atoms with Gasteiger partial charge in [-0.2, -0.15) is 0 Å². The molecule has 2 amide bonds. The van der Waals surface area contributed by atoms with Crippen molar-refractivity contribution >= 4 is 11.8 Å². The highest BCUT2D eigenvalue weighted by Crippen LogP contribution is 2.32. The molecule has 0 aromatic carbocycles. The molecular formula is C15H23N3O3. The maximum Gasteiger partial charge on any atom is 0.246 e. The second-order valence-electron chi connectivity index (χ2n) is 6.08. The van der Waals surface area contributed by atoms with Crippen LogP contribution in [0.3, 0.4) is 0 Å². The van der Waals surface area contributed by atoms with Gasteiger partial charge in [-0.1, -0.05) is 19.0 Å². The number of amides is 2. The first-order valence-electron chi connectivity index (χ1n) is 7.31. The summed E-state index contributed by atoms with van der Waals surface area (Å²) in [6.07, 6.45) is 0. The number of aromatic nitrogens is 1. The Morgan fingerprint density at radius 1 is 1.24 bits per heavy atom. The molecule has 1 fully saturated rings. The van der Waals surface area contributed by atoms with Crippen molar-refractivity contribution in [2.24, 2.45) is 5.92 Å². The van der Waals surface area contributed by atoms with E-state index >= 15 is 0 Å². The van der Waals surface area contributed by atoms with Gasteiger partial charge in [0.25, 0.3) is 0 Å². The Kier molecular flexibility index (Phi) is 4.07. The lowest BCUT2D eigenvalue weighted by Crippen LogP contribution is -2.64. The van der Waals surface area contributed by atoms with Crippen molar-refractivity contribution in [3.05, 3.63) is 17.0 Å². The molecule has 0 aliphatic carbocycles. The van der Waals surface area contributed by atoms with Gasteiger partial charge in [-0.05, 0) is 33.6 Å². The van der Waals surface area contributed by atoms with Crippen LogP contribution in [0.25, 0.3) is 0 Å². The van der Waals surface area contributed by atoms with Crippen molar-refractivity contribution in [1.82, 2.24) is 15.4 Å². The summed E-state index contributed by atoms with van der Waals surface area (Å²) in [6.45, 7) is 11.2. The van der Waals surface area contributed by atoms with E-state index in [2.05, 4.69) is 10.5 Å². The average Bonchev–Trinajstić information content (AvgIpc) is 2.71. The Morgan fingerprint density at radius 2 is 1.86 bits per heavy atom. The quantitative estimate of drug-likeness (QED) is 0.920. The zero-order chi connectivity index (χ0) is 15.9. The highest BCUT2D eigenvalue weighted by molar-refractivity contribution is 5.97. The lowest BCUT2D eigenvalue weighted by molar-refractivity contribution is -0.153. The van der Waals surface area contributed by atoms with Gasteiger partial charge in [-0.3, -0.25) is 9.59 Å². The summed E-state index contributed by atoms with van der Waals surface area (Å²) in [4.78, 5) is 26.6. The molecule has 3 unspecified atom stereocenters. The van der Waals surface area contributed by atoms with Crippen molar-refractivity contribution in [2.75, 3.05) is 0 Å². The Morgan fingerprint density at radius 3 is 2.33 bits per heavy atom. The number of aryl methyl sites for hydroxylation is 2. The van der Waals surface area contributed by atoms with Crippen LogP contribution >= 0.6 is 0 Å². The number of rotatable bonds is 3. The third kappa shape index (κ3) is 2.54. The molecule has 6 heteroatoms. The first-order chi connectivity index (χ1) is 9.75. The molecule has 21 heavy (non-hydrogen) atoms. The van der Waals surface area contributed by atoms with Crippen LogP contribution in [0.4, 0.5) is 0 Å². The van der Waals surface area contributed by atoms with Gasteiger partial charge in [0.2, 0.25) is 11.8 Å². The predicted molar refractivity (Wildman–Crippen MR) is 77.5 cm³/mol. The normalized spacial score (nSPS) is 24.4. The summed E-state index contributed by atoms with van der Waals surface area (Å²) >= 11 is 0. The molecule has 1 aliphatic heterocycles. The van der Waals surface area contributed by atoms with Crippen LogP contribution in [0.5, 0.6) is 0 Å². The fourth-order valence-corrected chi connectivity index (χ4v) is 3.13. The second-order valence-corrected chi connectivity index (χ2v) is 6.08. The van der Waals surface area contributed by atoms with Crippen LogP contribution in [0, 0.1) is 19.8 Å². The second kappa shape index (κ2) is 5.50. The number of carbonyl (C=O) groups is 2. The molecule has 1 aliphatic rings. The SMILES string of the molecule is Cc1noc(C)c1C(C)N1C(=O)C(C)NC(=O)C1C(C)C. The summed E-state index contributed by atoms with van der Waals surface area (Å²) in [5, 5.41) is 6.70. The number of hydrogen-bond acceptors (Lipinski definition) is 4. The van der Waals surface area contributed by atoms with E-state index in [4.69, 9.17) is 4.52 Å². The molecule has 2 rings (SSSR count). The molecule has 0 bridgehead atoms. The first kappa shape index (κ1) is 15.5. The topological polar surface area (TPSA) is 75.4 Å². The Hall–Kier alpha value is -1.85. The molecular weight excluding hydrogens is 270 g/mol. The largest absolute Gasteiger partial charge is 0.361 e. The van der Waals surface area contributed by atoms with Crippen LogP contribution < -0.4 is 5.32 Å². The molecule has 1 aromatic rings. The summed E-state index contributed by atoms with van der Waals surface area (Å²) in [6, 6.07) is -1.22. The molecule has 2 heterocycles. The minimum absolute atomic E-state index is 0.0318. The molecule has 116 valence electrons. The zero-order valence-corrected chi connectivity index (χ0v) is 13.4. The van der Waals surface area contributed by atoms with E-state index in [0.29, 0.717) is 5.76 Å². The number of carbonyl (C=O) groups excluding carboxylic acids is 2. The molecule has 0 spiro atoms. The molecule has 0 radical (unpaired) electrons. The van der Waals surface area contributed by atoms with Crippen LogP contribution in [-0.2, 0) is 9.59 Å². The Labute approximate surface area is 124 Å². The van der Waals surface area contributed by atoms with E-state index in [1.807, 2.05) is 34.6 Å². The predicted octanol–water partition coefficient (Wildman–Crippen LogP) is 1.72. The van der Waals surface area contributed by atoms with Gasteiger partial charge in [0.15, 0.2) is 0 Å². The first-order valence-corrected chi connectivity index (χ1v) is 7.31. The summed E-state index contributed by atoms with van der Waals surface area (Å²) in [5.41, 5.74) is 1.64. The van der Waals surface area contributed by atoms with Crippen LogP contribution in [0.15, 0.2) is 4.52 Å². The van der Waals surface area contributed by atoms with Gasteiger partial charge in [0.05, 0.1) is 11.7 Å². The highest BCUT2D eigenvalue weighted by Gasteiger charge is 2.43. The van der Waals surface area contributed by atoms with Crippen molar-refractivity contribution < 1.29 is 14.1 Å². The molecule has 3 atom stereocenters. The molecule has 0 saturated carbocycles. The minimum Gasteiger partial charge on any atom is -0.361 e. The van der Waals surface area contributed by atoms with E-state index < -0.39 is 12.1 Å². The van der Waals surface area contributed by atoms with E-state index in [-0.39, 0.29) is 23.8 Å². The van der Waals surface area contributed by atoms with Crippen molar-refractivity contribution in [1.29, 1.82) is 0 Å².